The molecule has 92 valence electrons. The van der Waals surface area contributed by atoms with Gasteiger partial charge < -0.3 is 10.8 Å². The van der Waals surface area contributed by atoms with E-state index in [9.17, 15) is 4.79 Å². The number of nitrogen functional groups attached to an aromatic ring is 1. The second kappa shape index (κ2) is 5.14. The van der Waals surface area contributed by atoms with Crippen LogP contribution in [-0.2, 0) is 0 Å². The van der Waals surface area contributed by atoms with Crippen LogP contribution in [0.1, 0.15) is 15.9 Å². The van der Waals surface area contributed by atoms with Gasteiger partial charge >= 0.3 is 5.97 Å². The molecule has 0 bridgehead atoms. The largest absolute Gasteiger partial charge is 0.478 e. The molecular formula is C14H13NO2S. The zero-order valence-corrected chi connectivity index (χ0v) is 10.7. The number of hydrogen-bond donors (Lipinski definition) is 2. The molecule has 0 atom stereocenters. The normalized spacial score (nSPS) is 10.3. The van der Waals surface area contributed by atoms with Gasteiger partial charge in [0.25, 0.3) is 0 Å². The smallest absolute Gasteiger partial charge is 0.336 e. The first-order valence-electron chi connectivity index (χ1n) is 5.43. The fourth-order valence-electron chi connectivity index (χ4n) is 1.54. The molecule has 0 saturated heterocycles. The van der Waals surface area contributed by atoms with Crippen molar-refractivity contribution in [2.24, 2.45) is 0 Å². The summed E-state index contributed by atoms with van der Waals surface area (Å²) in [6, 6.07) is 12.9. The first-order chi connectivity index (χ1) is 8.56. The predicted octanol–water partition coefficient (Wildman–Crippen LogP) is 3.43. The van der Waals surface area contributed by atoms with Gasteiger partial charge in [0.05, 0.1) is 5.56 Å². The minimum absolute atomic E-state index is 0.237. The quantitative estimate of drug-likeness (QED) is 0.829. The van der Waals surface area contributed by atoms with Crippen LogP contribution in [0, 0.1) is 6.92 Å². The van der Waals surface area contributed by atoms with Gasteiger partial charge in [-0.15, -0.1) is 0 Å². The molecule has 4 heteroatoms. The zero-order chi connectivity index (χ0) is 13.1. The Morgan fingerprint density at radius 3 is 2.44 bits per heavy atom. The summed E-state index contributed by atoms with van der Waals surface area (Å²) in [4.78, 5) is 12.9. The number of carboxylic acids is 1. The first-order valence-corrected chi connectivity index (χ1v) is 6.25. The van der Waals surface area contributed by atoms with Crippen LogP contribution in [0.25, 0.3) is 0 Å². The molecule has 0 spiro atoms. The Morgan fingerprint density at radius 1 is 1.17 bits per heavy atom. The summed E-state index contributed by atoms with van der Waals surface area (Å²) in [5.41, 5.74) is 7.48. The summed E-state index contributed by atoms with van der Waals surface area (Å²) in [6.45, 7) is 2.01. The number of aryl methyl sites for hydroxylation is 1. The van der Waals surface area contributed by atoms with Crippen LogP contribution in [0.5, 0.6) is 0 Å². The minimum atomic E-state index is -0.961. The fourth-order valence-corrected chi connectivity index (χ4v) is 2.46. The average molecular weight is 259 g/mol. The topological polar surface area (TPSA) is 63.3 Å². The molecule has 0 aromatic heterocycles. The number of benzene rings is 2. The van der Waals surface area contributed by atoms with E-state index in [1.54, 1.807) is 12.1 Å². The number of anilines is 1. The molecule has 0 aliphatic carbocycles. The Kier molecular flexibility index (Phi) is 3.58. The molecule has 0 fully saturated rings. The lowest BCUT2D eigenvalue weighted by Gasteiger charge is -2.07. The number of hydrogen-bond acceptors (Lipinski definition) is 3. The molecule has 18 heavy (non-hydrogen) atoms. The van der Waals surface area contributed by atoms with E-state index in [0.29, 0.717) is 10.6 Å². The molecule has 0 unspecified atom stereocenters. The lowest BCUT2D eigenvalue weighted by molar-refractivity contribution is 0.0693. The minimum Gasteiger partial charge on any atom is -0.478 e. The summed E-state index contributed by atoms with van der Waals surface area (Å²) in [6.07, 6.45) is 0. The molecule has 0 aliphatic heterocycles. The van der Waals surface area contributed by atoms with Gasteiger partial charge in [0, 0.05) is 15.5 Å². The highest BCUT2D eigenvalue weighted by molar-refractivity contribution is 7.99. The van der Waals surface area contributed by atoms with Crippen molar-refractivity contribution in [2.45, 2.75) is 16.7 Å². The van der Waals surface area contributed by atoms with E-state index in [4.69, 9.17) is 10.8 Å². The van der Waals surface area contributed by atoms with Crippen LogP contribution in [0.4, 0.5) is 5.69 Å². The lowest BCUT2D eigenvalue weighted by atomic mass is 10.2. The monoisotopic (exact) mass is 259 g/mol. The lowest BCUT2D eigenvalue weighted by Crippen LogP contribution is -2.00. The first kappa shape index (κ1) is 12.5. The van der Waals surface area contributed by atoms with E-state index < -0.39 is 5.97 Å². The van der Waals surface area contributed by atoms with Crippen LogP contribution in [0.2, 0.25) is 0 Å². The number of aromatic carboxylic acids is 1. The number of nitrogens with two attached hydrogens (primary N) is 1. The second-order valence-electron chi connectivity index (χ2n) is 3.98. The SMILES string of the molecule is Cc1ccc(Sc2ccc(N)cc2C(=O)O)cc1. The Bertz CT molecular complexity index is 579. The van der Waals surface area contributed by atoms with Crippen molar-refractivity contribution in [3.8, 4) is 0 Å². The molecular weight excluding hydrogens is 246 g/mol. The predicted molar refractivity (Wildman–Crippen MR) is 73.1 cm³/mol. The van der Waals surface area contributed by atoms with E-state index in [0.717, 1.165) is 4.90 Å². The molecule has 2 aromatic rings. The highest BCUT2D eigenvalue weighted by Crippen LogP contribution is 2.31. The van der Waals surface area contributed by atoms with E-state index in [1.165, 1.54) is 23.4 Å². The average Bonchev–Trinajstić information content (AvgIpc) is 2.34. The van der Waals surface area contributed by atoms with Gasteiger partial charge in [-0.2, -0.15) is 0 Å². The van der Waals surface area contributed by atoms with Crippen LogP contribution in [0.3, 0.4) is 0 Å². The summed E-state index contributed by atoms with van der Waals surface area (Å²) >= 11 is 1.42. The van der Waals surface area contributed by atoms with Crippen molar-refractivity contribution in [1.82, 2.24) is 0 Å². The standard InChI is InChI=1S/C14H13NO2S/c1-9-2-5-11(6-3-9)18-13-7-4-10(15)8-12(13)14(16)17/h2-8H,15H2,1H3,(H,16,17). The van der Waals surface area contributed by atoms with Gasteiger partial charge in [0.2, 0.25) is 0 Å². The Balaban J connectivity index is 2.34. The number of carbonyl (C=O) groups is 1. The maximum atomic E-state index is 11.1. The fraction of sp³-hybridized carbons (Fsp3) is 0.0714. The third-order valence-electron chi connectivity index (χ3n) is 2.48. The van der Waals surface area contributed by atoms with Gasteiger partial charge in [-0.05, 0) is 37.3 Å². The molecule has 0 heterocycles. The van der Waals surface area contributed by atoms with Gasteiger partial charge in [-0.3, -0.25) is 0 Å². The highest BCUT2D eigenvalue weighted by Gasteiger charge is 2.11. The second-order valence-corrected chi connectivity index (χ2v) is 5.09. The van der Waals surface area contributed by atoms with Crippen molar-refractivity contribution < 1.29 is 9.90 Å². The van der Waals surface area contributed by atoms with Crippen molar-refractivity contribution >= 4 is 23.4 Å². The van der Waals surface area contributed by atoms with E-state index in [2.05, 4.69) is 0 Å². The molecule has 3 N–H and O–H groups in total. The van der Waals surface area contributed by atoms with Crippen LogP contribution < -0.4 is 5.73 Å². The van der Waals surface area contributed by atoms with E-state index >= 15 is 0 Å². The van der Waals surface area contributed by atoms with Crippen molar-refractivity contribution in [3.63, 3.8) is 0 Å². The van der Waals surface area contributed by atoms with Crippen LogP contribution >= 0.6 is 11.8 Å². The number of rotatable bonds is 3. The van der Waals surface area contributed by atoms with Crippen molar-refractivity contribution in [2.75, 3.05) is 5.73 Å². The molecule has 0 amide bonds. The van der Waals surface area contributed by atoms with E-state index in [-0.39, 0.29) is 5.56 Å². The summed E-state index contributed by atoms with van der Waals surface area (Å²) in [7, 11) is 0. The highest BCUT2D eigenvalue weighted by atomic mass is 32.2. The molecule has 3 nitrogen and oxygen atoms in total. The zero-order valence-electron chi connectivity index (χ0n) is 9.88. The van der Waals surface area contributed by atoms with Gasteiger partial charge in [-0.1, -0.05) is 29.5 Å². The van der Waals surface area contributed by atoms with Gasteiger partial charge in [0.15, 0.2) is 0 Å². The molecule has 0 saturated carbocycles. The Morgan fingerprint density at radius 2 is 1.83 bits per heavy atom. The van der Waals surface area contributed by atoms with Gasteiger partial charge in [-0.25, -0.2) is 4.79 Å². The third-order valence-corrected chi connectivity index (χ3v) is 3.57. The molecule has 2 aromatic carbocycles. The molecule has 2 rings (SSSR count). The van der Waals surface area contributed by atoms with Gasteiger partial charge in [0.1, 0.15) is 0 Å². The molecule has 0 aliphatic rings. The maximum Gasteiger partial charge on any atom is 0.336 e. The molecule has 0 radical (unpaired) electrons. The Hall–Kier alpha value is -1.94. The van der Waals surface area contributed by atoms with Crippen molar-refractivity contribution in [3.05, 3.63) is 53.6 Å². The van der Waals surface area contributed by atoms with Crippen molar-refractivity contribution in [1.29, 1.82) is 0 Å². The van der Waals surface area contributed by atoms with E-state index in [1.807, 2.05) is 31.2 Å². The summed E-state index contributed by atoms with van der Waals surface area (Å²) in [5, 5.41) is 9.14. The summed E-state index contributed by atoms with van der Waals surface area (Å²) in [5.74, 6) is -0.961. The Labute approximate surface area is 110 Å². The van der Waals surface area contributed by atoms with Crippen LogP contribution in [-0.4, -0.2) is 11.1 Å². The third kappa shape index (κ3) is 2.84. The van der Waals surface area contributed by atoms with Crippen LogP contribution in [0.15, 0.2) is 52.3 Å². The maximum absolute atomic E-state index is 11.1. The number of carboxylic acid groups (broad SMARTS) is 1. The summed E-state index contributed by atoms with van der Waals surface area (Å²) < 4.78 is 0.